The predicted molar refractivity (Wildman–Crippen MR) is 101 cm³/mol. The fourth-order valence-corrected chi connectivity index (χ4v) is 3.02. The Morgan fingerprint density at radius 3 is 2.58 bits per heavy atom. The normalized spacial score (nSPS) is 17.0. The zero-order chi connectivity index (χ0) is 19.3. The van der Waals surface area contributed by atoms with Crippen LogP contribution in [-0.4, -0.2) is 57.6 Å². The second kappa shape index (κ2) is 8.86. The van der Waals surface area contributed by atoms with Gasteiger partial charge in [0.25, 0.3) is 0 Å². The van der Waals surface area contributed by atoms with E-state index in [1.807, 2.05) is 19.1 Å². The van der Waals surface area contributed by atoms with Crippen molar-refractivity contribution in [3.8, 4) is 11.5 Å². The summed E-state index contributed by atoms with van der Waals surface area (Å²) >= 11 is 5.41. The lowest BCUT2D eigenvalue weighted by atomic mass is 9.94. The van der Waals surface area contributed by atoms with Gasteiger partial charge in [0.15, 0.2) is 16.6 Å². The quantitative estimate of drug-likeness (QED) is 0.438. The Balaban J connectivity index is 2.51. The molecule has 0 bridgehead atoms. The van der Waals surface area contributed by atoms with Crippen LogP contribution in [0.2, 0.25) is 0 Å². The molecule has 1 heterocycles. The van der Waals surface area contributed by atoms with Crippen LogP contribution in [0, 0.1) is 0 Å². The summed E-state index contributed by atoms with van der Waals surface area (Å²) in [4.78, 5) is 14.5. The van der Waals surface area contributed by atoms with Gasteiger partial charge in [0, 0.05) is 25.4 Å². The van der Waals surface area contributed by atoms with E-state index in [9.17, 15) is 4.79 Å². The van der Waals surface area contributed by atoms with E-state index < -0.39 is 12.0 Å². The molecule has 7 nitrogen and oxygen atoms in total. The first kappa shape index (κ1) is 20.0. The predicted octanol–water partition coefficient (Wildman–Crippen LogP) is 2.03. The van der Waals surface area contributed by atoms with E-state index >= 15 is 0 Å². The SMILES string of the molecule is COCCOC(=O)C1=C(C)N(C)C(=S)NC1c1cccc(OC)c1OC. The van der Waals surface area contributed by atoms with Gasteiger partial charge in [-0.2, -0.15) is 0 Å². The first-order valence-electron chi connectivity index (χ1n) is 8.08. The third kappa shape index (κ3) is 3.91. The average molecular weight is 380 g/mol. The number of carbonyl (C=O) groups is 1. The molecule has 0 spiro atoms. The van der Waals surface area contributed by atoms with Crippen molar-refractivity contribution in [3.63, 3.8) is 0 Å². The molecular formula is C18H24N2O5S. The summed E-state index contributed by atoms with van der Waals surface area (Å²) in [5, 5.41) is 3.70. The van der Waals surface area contributed by atoms with Crippen molar-refractivity contribution >= 4 is 23.3 Å². The van der Waals surface area contributed by atoms with Crippen molar-refractivity contribution in [2.24, 2.45) is 0 Å². The summed E-state index contributed by atoms with van der Waals surface area (Å²) in [6, 6.07) is 4.98. The molecule has 26 heavy (non-hydrogen) atoms. The van der Waals surface area contributed by atoms with Crippen LogP contribution in [0.1, 0.15) is 18.5 Å². The molecule has 0 amide bonds. The fraction of sp³-hybridized carbons (Fsp3) is 0.444. The molecule has 1 aliphatic rings. The van der Waals surface area contributed by atoms with E-state index in [4.69, 9.17) is 31.2 Å². The van der Waals surface area contributed by atoms with E-state index in [1.165, 1.54) is 0 Å². The molecule has 2 rings (SSSR count). The Kier molecular flexibility index (Phi) is 6.82. The molecule has 1 N–H and O–H groups in total. The molecule has 1 aliphatic heterocycles. The van der Waals surface area contributed by atoms with Crippen molar-refractivity contribution in [1.82, 2.24) is 10.2 Å². The topological polar surface area (TPSA) is 69.3 Å². The minimum Gasteiger partial charge on any atom is -0.493 e. The van der Waals surface area contributed by atoms with Gasteiger partial charge in [0.1, 0.15) is 6.61 Å². The Bertz CT molecular complexity index is 720. The lowest BCUT2D eigenvalue weighted by molar-refractivity contribution is -0.140. The maximum Gasteiger partial charge on any atom is 0.338 e. The summed E-state index contributed by atoms with van der Waals surface area (Å²) in [6.45, 7) is 2.33. The van der Waals surface area contributed by atoms with Gasteiger partial charge in [0.2, 0.25) is 0 Å². The first-order chi connectivity index (χ1) is 12.5. The molecule has 1 aromatic carbocycles. The summed E-state index contributed by atoms with van der Waals surface area (Å²) in [7, 11) is 6.47. The number of esters is 1. The summed E-state index contributed by atoms with van der Waals surface area (Å²) in [5.74, 6) is 0.674. The molecule has 1 aromatic rings. The van der Waals surface area contributed by atoms with Crippen molar-refractivity contribution in [2.75, 3.05) is 41.6 Å². The maximum atomic E-state index is 12.8. The lowest BCUT2D eigenvalue weighted by Gasteiger charge is -2.35. The molecule has 0 aromatic heterocycles. The van der Waals surface area contributed by atoms with Gasteiger partial charge in [-0.05, 0) is 25.2 Å². The van der Waals surface area contributed by atoms with Gasteiger partial charge < -0.3 is 29.2 Å². The second-order valence-electron chi connectivity index (χ2n) is 5.65. The molecule has 142 valence electrons. The highest BCUT2D eigenvalue weighted by Crippen LogP contribution is 2.40. The lowest BCUT2D eigenvalue weighted by Crippen LogP contribution is -2.46. The van der Waals surface area contributed by atoms with Gasteiger partial charge >= 0.3 is 5.97 Å². The number of methoxy groups -OCH3 is 3. The Morgan fingerprint density at radius 1 is 1.23 bits per heavy atom. The Morgan fingerprint density at radius 2 is 1.96 bits per heavy atom. The molecule has 8 heteroatoms. The molecule has 0 saturated heterocycles. The van der Waals surface area contributed by atoms with E-state index in [1.54, 1.807) is 39.3 Å². The van der Waals surface area contributed by atoms with Crippen LogP contribution in [0.25, 0.3) is 0 Å². The molecule has 0 radical (unpaired) electrons. The molecule has 0 aliphatic carbocycles. The van der Waals surface area contributed by atoms with Crippen LogP contribution >= 0.6 is 12.2 Å². The highest BCUT2D eigenvalue weighted by atomic mass is 32.1. The largest absolute Gasteiger partial charge is 0.493 e. The number of nitrogens with zero attached hydrogens (tertiary/aromatic N) is 1. The Labute approximate surface area is 158 Å². The number of rotatable bonds is 7. The number of benzene rings is 1. The standard InChI is InChI=1S/C18H24N2O5S/c1-11-14(17(21)25-10-9-22-3)15(19-18(26)20(11)2)12-7-6-8-13(23-4)16(12)24-5/h6-8,15H,9-10H2,1-5H3,(H,19,26). The monoisotopic (exact) mass is 380 g/mol. The van der Waals surface area contributed by atoms with Crippen LogP contribution in [0.4, 0.5) is 0 Å². The second-order valence-corrected chi connectivity index (χ2v) is 6.04. The number of hydrogen-bond donors (Lipinski definition) is 1. The van der Waals surface area contributed by atoms with Crippen LogP contribution in [-0.2, 0) is 14.3 Å². The van der Waals surface area contributed by atoms with Crippen LogP contribution in [0.15, 0.2) is 29.5 Å². The van der Waals surface area contributed by atoms with Crippen molar-refractivity contribution in [2.45, 2.75) is 13.0 Å². The third-order valence-corrected chi connectivity index (χ3v) is 4.63. The molecular weight excluding hydrogens is 356 g/mol. The van der Waals surface area contributed by atoms with Gasteiger partial charge in [-0.25, -0.2) is 4.79 Å². The van der Waals surface area contributed by atoms with Gasteiger partial charge in [0.05, 0.1) is 32.4 Å². The number of para-hydroxylation sites is 1. The first-order valence-corrected chi connectivity index (χ1v) is 8.49. The Hall–Kier alpha value is -2.32. The number of hydrogen-bond acceptors (Lipinski definition) is 6. The number of allylic oxidation sites excluding steroid dienone is 1. The van der Waals surface area contributed by atoms with Crippen molar-refractivity contribution < 1.29 is 23.7 Å². The number of carbonyl (C=O) groups excluding carboxylic acids is 1. The van der Waals surface area contributed by atoms with E-state index in [0.717, 1.165) is 5.56 Å². The number of thiocarbonyl (C=S) groups is 1. The summed E-state index contributed by atoms with van der Waals surface area (Å²) in [5.41, 5.74) is 1.91. The van der Waals surface area contributed by atoms with Crippen molar-refractivity contribution in [3.05, 3.63) is 35.0 Å². The molecule has 1 atom stereocenters. The highest BCUT2D eigenvalue weighted by Gasteiger charge is 2.35. The molecule has 0 fully saturated rings. The summed E-state index contributed by atoms with van der Waals surface area (Å²) in [6.07, 6.45) is 0. The highest BCUT2D eigenvalue weighted by molar-refractivity contribution is 7.80. The zero-order valence-electron chi connectivity index (χ0n) is 15.6. The molecule has 0 saturated carbocycles. The minimum atomic E-state index is -0.515. The van der Waals surface area contributed by atoms with Gasteiger partial charge in [-0.1, -0.05) is 12.1 Å². The zero-order valence-corrected chi connectivity index (χ0v) is 16.4. The number of ether oxygens (including phenoxy) is 4. The van der Waals surface area contributed by atoms with Crippen molar-refractivity contribution in [1.29, 1.82) is 0 Å². The molecule has 1 unspecified atom stereocenters. The van der Waals surface area contributed by atoms with Crippen LogP contribution in [0.5, 0.6) is 11.5 Å². The fourth-order valence-electron chi connectivity index (χ4n) is 2.77. The van der Waals surface area contributed by atoms with Gasteiger partial charge in [-0.3, -0.25) is 0 Å². The van der Waals surface area contributed by atoms with E-state index in [0.29, 0.717) is 34.5 Å². The smallest absolute Gasteiger partial charge is 0.338 e. The van der Waals surface area contributed by atoms with Gasteiger partial charge in [-0.15, -0.1) is 0 Å². The summed E-state index contributed by atoms with van der Waals surface area (Å²) < 4.78 is 21.2. The number of nitrogens with one attached hydrogen (secondary N) is 1. The maximum absolute atomic E-state index is 12.8. The average Bonchev–Trinajstić information content (AvgIpc) is 2.65. The minimum absolute atomic E-state index is 0.169. The van der Waals surface area contributed by atoms with Crippen LogP contribution < -0.4 is 14.8 Å². The van der Waals surface area contributed by atoms with Crippen LogP contribution in [0.3, 0.4) is 0 Å². The third-order valence-electron chi connectivity index (χ3n) is 4.24. The van der Waals surface area contributed by atoms with E-state index in [-0.39, 0.29) is 6.61 Å². The van der Waals surface area contributed by atoms with E-state index in [2.05, 4.69) is 5.32 Å².